The highest BCUT2D eigenvalue weighted by Crippen LogP contribution is 2.47. The van der Waals surface area contributed by atoms with Gasteiger partial charge in [0.15, 0.2) is 5.82 Å². The molecule has 3 heterocycles. The first-order valence-corrected chi connectivity index (χ1v) is 20.7. The minimum absolute atomic E-state index is 0.0420. The van der Waals surface area contributed by atoms with Crippen LogP contribution in [0.1, 0.15) is 52.9 Å². The third kappa shape index (κ3) is 7.10. The maximum atomic E-state index is 13.3. The molecule has 1 aliphatic heterocycles. The standard InChI is InChI=1S/C41H50BrN5O6Si/c1-39(2,3)41(37-45-35(42)34-36(43-21-22-46(34)37)44-24-28-19-20-30(50-7)23-33(28)51-8)27-47(38(48)49)29(25-52-41)26-53-54(40(4,5)6,31-15-11-9-12-16-31)32-17-13-10-14-18-32/h9-23,29H,24-27H2,1-8H3,(H,43,44)(H,48,49)/t29-,41-/m1/s1. The van der Waals surface area contributed by atoms with Crippen molar-refractivity contribution >= 4 is 52.0 Å². The summed E-state index contributed by atoms with van der Waals surface area (Å²) >= 11 is 3.71. The van der Waals surface area contributed by atoms with E-state index in [9.17, 15) is 9.90 Å². The number of benzene rings is 3. The lowest BCUT2D eigenvalue weighted by Crippen LogP contribution is -2.68. The van der Waals surface area contributed by atoms with Crippen molar-refractivity contribution in [2.24, 2.45) is 5.41 Å². The van der Waals surface area contributed by atoms with Crippen LogP contribution in [0.15, 0.2) is 95.9 Å². The van der Waals surface area contributed by atoms with Crippen LogP contribution >= 0.6 is 15.9 Å². The fourth-order valence-corrected chi connectivity index (χ4v) is 12.7. The smallest absolute Gasteiger partial charge is 0.407 e. The zero-order valence-corrected chi connectivity index (χ0v) is 34.8. The monoisotopic (exact) mass is 815 g/mol. The summed E-state index contributed by atoms with van der Waals surface area (Å²) in [4.78, 5) is 24.4. The number of hydrogen-bond donors (Lipinski definition) is 2. The Kier molecular flexibility index (Phi) is 11.2. The van der Waals surface area contributed by atoms with E-state index in [-0.39, 0.29) is 24.8 Å². The molecule has 0 saturated carbocycles. The number of fused-ring (bicyclic) bond motifs is 1. The van der Waals surface area contributed by atoms with E-state index in [0.29, 0.717) is 39.8 Å². The van der Waals surface area contributed by atoms with Gasteiger partial charge < -0.3 is 29.1 Å². The Balaban J connectivity index is 1.34. The van der Waals surface area contributed by atoms with E-state index < -0.39 is 31.5 Å². The maximum absolute atomic E-state index is 13.3. The Bertz CT molecular complexity index is 2050. The molecule has 11 nitrogen and oxygen atoms in total. The van der Waals surface area contributed by atoms with Gasteiger partial charge >= 0.3 is 6.09 Å². The van der Waals surface area contributed by atoms with Crippen LogP contribution in [0.3, 0.4) is 0 Å². The number of rotatable bonds is 11. The highest BCUT2D eigenvalue weighted by molar-refractivity contribution is 9.10. The molecule has 1 saturated heterocycles. The van der Waals surface area contributed by atoms with Crippen molar-refractivity contribution in [3.05, 3.63) is 107 Å². The molecule has 54 heavy (non-hydrogen) atoms. The molecule has 13 heteroatoms. The number of ether oxygens (including phenoxy) is 3. The van der Waals surface area contributed by atoms with Crippen LogP contribution in [-0.4, -0.2) is 78.8 Å². The molecule has 2 N–H and O–H groups in total. The summed E-state index contributed by atoms with van der Waals surface area (Å²) in [6, 6.07) is 25.8. The number of anilines is 1. The van der Waals surface area contributed by atoms with E-state index in [1.165, 1.54) is 4.90 Å². The topological polar surface area (TPSA) is 120 Å². The first kappa shape index (κ1) is 39.3. The summed E-state index contributed by atoms with van der Waals surface area (Å²) in [6.07, 6.45) is 2.49. The first-order chi connectivity index (χ1) is 25.7. The van der Waals surface area contributed by atoms with Gasteiger partial charge in [-0.25, -0.2) is 14.8 Å². The summed E-state index contributed by atoms with van der Waals surface area (Å²) in [5, 5.41) is 16.3. The van der Waals surface area contributed by atoms with Crippen LogP contribution in [0.25, 0.3) is 5.52 Å². The largest absolute Gasteiger partial charge is 0.497 e. The number of methoxy groups -OCH3 is 2. The lowest BCUT2D eigenvalue weighted by molar-refractivity contribution is -0.191. The SMILES string of the molecule is COc1ccc(CNc2nccn3c([C@@]4(C(C)(C)C)CN(C(=O)O)[C@@H](CO[Si](c5ccccc5)(c5ccccc5)C(C)(C)C)CO4)nc(Br)c23)c(OC)c1. The van der Waals surface area contributed by atoms with Crippen LogP contribution in [0.4, 0.5) is 10.6 Å². The molecule has 0 bridgehead atoms. The van der Waals surface area contributed by atoms with Gasteiger partial charge in [-0.15, -0.1) is 0 Å². The van der Waals surface area contributed by atoms with Gasteiger partial charge in [-0.1, -0.05) is 102 Å². The van der Waals surface area contributed by atoms with Gasteiger partial charge in [-0.2, -0.15) is 0 Å². The molecule has 0 radical (unpaired) electrons. The summed E-state index contributed by atoms with van der Waals surface area (Å²) in [5.74, 6) is 2.55. The predicted octanol–water partition coefficient (Wildman–Crippen LogP) is 7.32. The number of carboxylic acid groups (broad SMARTS) is 1. The van der Waals surface area contributed by atoms with Crippen LogP contribution in [-0.2, 0) is 21.3 Å². The Labute approximate surface area is 326 Å². The zero-order chi connectivity index (χ0) is 38.9. The summed E-state index contributed by atoms with van der Waals surface area (Å²) in [7, 11) is 0.300. The number of hydrogen-bond acceptors (Lipinski definition) is 8. The highest BCUT2D eigenvalue weighted by atomic mass is 79.9. The summed E-state index contributed by atoms with van der Waals surface area (Å²) < 4.78 is 27.7. The average molecular weight is 817 g/mol. The van der Waals surface area contributed by atoms with Crippen LogP contribution in [0.2, 0.25) is 5.04 Å². The molecule has 0 aliphatic carbocycles. The van der Waals surface area contributed by atoms with E-state index in [0.717, 1.165) is 15.9 Å². The molecule has 2 atom stereocenters. The van der Waals surface area contributed by atoms with Crippen molar-refractivity contribution in [2.75, 3.05) is 39.3 Å². The maximum Gasteiger partial charge on any atom is 0.407 e. The highest BCUT2D eigenvalue weighted by Gasteiger charge is 2.56. The zero-order valence-electron chi connectivity index (χ0n) is 32.2. The van der Waals surface area contributed by atoms with Gasteiger partial charge in [-0.3, -0.25) is 9.30 Å². The second kappa shape index (κ2) is 15.4. The summed E-state index contributed by atoms with van der Waals surface area (Å²) in [6.45, 7) is 13.5. The molecule has 286 valence electrons. The number of nitrogens with one attached hydrogen (secondary N) is 1. The van der Waals surface area contributed by atoms with Gasteiger partial charge in [-0.05, 0) is 43.5 Å². The Morgan fingerprint density at radius 1 is 1.00 bits per heavy atom. The molecule has 1 amide bonds. The van der Waals surface area contributed by atoms with Gasteiger partial charge in [0.1, 0.15) is 33.0 Å². The lowest BCUT2D eigenvalue weighted by Gasteiger charge is -2.52. The number of imidazole rings is 1. The fourth-order valence-electron chi connectivity index (χ4n) is 7.60. The third-order valence-electron chi connectivity index (χ3n) is 10.5. The van der Waals surface area contributed by atoms with Crippen molar-refractivity contribution in [2.45, 2.75) is 64.8 Å². The van der Waals surface area contributed by atoms with Crippen molar-refractivity contribution in [3.63, 3.8) is 0 Å². The van der Waals surface area contributed by atoms with E-state index in [2.05, 4.69) is 92.0 Å². The van der Waals surface area contributed by atoms with E-state index in [1.807, 2.05) is 65.2 Å². The predicted molar refractivity (Wildman–Crippen MR) is 217 cm³/mol. The molecule has 5 aromatic rings. The molecule has 6 rings (SSSR count). The van der Waals surface area contributed by atoms with E-state index >= 15 is 0 Å². The van der Waals surface area contributed by atoms with E-state index in [1.54, 1.807) is 20.4 Å². The molecule has 0 unspecified atom stereocenters. The normalized spacial score (nSPS) is 18.1. The average Bonchev–Trinajstić information content (AvgIpc) is 3.50. The number of morpholine rings is 1. The van der Waals surface area contributed by atoms with E-state index in [4.69, 9.17) is 23.6 Å². The Morgan fingerprint density at radius 3 is 2.20 bits per heavy atom. The number of nitrogens with zero attached hydrogens (tertiary/aromatic N) is 4. The quantitative estimate of drug-likeness (QED) is 0.132. The van der Waals surface area contributed by atoms with Crippen molar-refractivity contribution in [1.29, 1.82) is 0 Å². The minimum atomic E-state index is -2.94. The van der Waals surface area contributed by atoms with Crippen molar-refractivity contribution < 1.29 is 28.5 Å². The third-order valence-corrected chi connectivity index (χ3v) is 16.1. The fraction of sp³-hybridized carbons (Fsp3) is 0.390. The second-order valence-electron chi connectivity index (χ2n) is 15.7. The van der Waals surface area contributed by atoms with Gasteiger partial charge in [0.05, 0.1) is 40.0 Å². The number of amides is 1. The summed E-state index contributed by atoms with van der Waals surface area (Å²) in [5.41, 5.74) is -0.0978. The van der Waals surface area contributed by atoms with Crippen LogP contribution in [0, 0.1) is 5.41 Å². The lowest BCUT2D eigenvalue weighted by atomic mass is 9.74. The molecular weight excluding hydrogens is 766 g/mol. The number of carbonyl (C=O) groups is 1. The first-order valence-electron chi connectivity index (χ1n) is 18.0. The van der Waals surface area contributed by atoms with Gasteiger partial charge in [0.2, 0.25) is 0 Å². The Hall–Kier alpha value is -4.43. The molecule has 0 spiro atoms. The molecule has 1 aliphatic rings. The second-order valence-corrected chi connectivity index (χ2v) is 20.7. The molecule has 2 aromatic heterocycles. The molecule has 1 fully saturated rings. The van der Waals surface area contributed by atoms with Crippen molar-refractivity contribution in [3.8, 4) is 11.5 Å². The van der Waals surface area contributed by atoms with Crippen molar-refractivity contribution in [1.82, 2.24) is 19.3 Å². The van der Waals surface area contributed by atoms with Gasteiger partial charge in [0.25, 0.3) is 8.32 Å². The number of halogens is 1. The van der Waals surface area contributed by atoms with Crippen LogP contribution < -0.4 is 25.2 Å². The molecule has 3 aromatic carbocycles. The van der Waals surface area contributed by atoms with Gasteiger partial charge in [0, 0.05) is 36.0 Å². The number of aromatic nitrogens is 3. The van der Waals surface area contributed by atoms with Crippen LogP contribution in [0.5, 0.6) is 11.5 Å². The minimum Gasteiger partial charge on any atom is -0.497 e. The Morgan fingerprint density at radius 2 is 1.65 bits per heavy atom. The molecular formula is C41H50BrN5O6Si.